The summed E-state index contributed by atoms with van der Waals surface area (Å²) in [5.41, 5.74) is 8.79. The molecule has 0 amide bonds. The molecular formula is C14H18N4. The highest BCUT2D eigenvalue weighted by molar-refractivity contribution is 5.40. The molecule has 2 aromatic heterocycles. The van der Waals surface area contributed by atoms with Gasteiger partial charge in [0, 0.05) is 25.5 Å². The molecule has 0 spiro atoms. The van der Waals surface area contributed by atoms with Crippen LogP contribution in [-0.2, 0) is 13.1 Å². The van der Waals surface area contributed by atoms with Crippen molar-refractivity contribution in [1.29, 1.82) is 0 Å². The Hall–Kier alpha value is -1.94. The molecule has 4 nitrogen and oxygen atoms in total. The van der Waals surface area contributed by atoms with E-state index in [1.807, 2.05) is 44.3 Å². The number of aryl methyl sites for hydroxylation is 1. The summed E-state index contributed by atoms with van der Waals surface area (Å²) in [5, 5.41) is 0. The largest absolute Gasteiger partial charge is 0.354 e. The topological polar surface area (TPSA) is 55.0 Å². The molecule has 0 atom stereocenters. The minimum Gasteiger partial charge on any atom is -0.354 e. The van der Waals surface area contributed by atoms with Crippen LogP contribution >= 0.6 is 0 Å². The van der Waals surface area contributed by atoms with E-state index in [1.54, 1.807) is 6.20 Å². The zero-order valence-electron chi connectivity index (χ0n) is 10.8. The first-order valence-electron chi connectivity index (χ1n) is 5.97. The molecule has 0 unspecified atom stereocenters. The molecule has 0 aliphatic carbocycles. The summed E-state index contributed by atoms with van der Waals surface area (Å²) in [6.45, 7) is 3.27. The summed E-state index contributed by atoms with van der Waals surface area (Å²) in [6, 6.07) is 9.99. The summed E-state index contributed by atoms with van der Waals surface area (Å²) in [7, 11) is 2.01. The first-order valence-corrected chi connectivity index (χ1v) is 5.97. The summed E-state index contributed by atoms with van der Waals surface area (Å²) in [4.78, 5) is 10.9. The number of hydrogen-bond donors (Lipinski definition) is 1. The predicted molar refractivity (Wildman–Crippen MR) is 73.2 cm³/mol. The minimum atomic E-state index is 0.534. The van der Waals surface area contributed by atoms with Crippen molar-refractivity contribution in [3.63, 3.8) is 0 Å². The fraction of sp³-hybridized carbons (Fsp3) is 0.286. The van der Waals surface area contributed by atoms with Gasteiger partial charge in [-0.25, -0.2) is 4.98 Å². The maximum Gasteiger partial charge on any atom is 0.128 e. The first-order chi connectivity index (χ1) is 8.69. The van der Waals surface area contributed by atoms with Gasteiger partial charge in [-0.2, -0.15) is 0 Å². The molecule has 0 bridgehead atoms. The van der Waals surface area contributed by atoms with Gasteiger partial charge in [0.2, 0.25) is 0 Å². The third kappa shape index (κ3) is 3.05. The van der Waals surface area contributed by atoms with Gasteiger partial charge in [-0.05, 0) is 36.8 Å². The van der Waals surface area contributed by atoms with Crippen molar-refractivity contribution < 1.29 is 0 Å². The average molecular weight is 242 g/mol. The van der Waals surface area contributed by atoms with Crippen molar-refractivity contribution in [2.24, 2.45) is 5.73 Å². The fourth-order valence-corrected chi connectivity index (χ4v) is 1.81. The van der Waals surface area contributed by atoms with Crippen LogP contribution in [0, 0.1) is 6.92 Å². The summed E-state index contributed by atoms with van der Waals surface area (Å²) < 4.78 is 0. The lowest BCUT2D eigenvalue weighted by molar-refractivity contribution is 0.856. The summed E-state index contributed by atoms with van der Waals surface area (Å²) >= 11 is 0. The summed E-state index contributed by atoms with van der Waals surface area (Å²) in [5.74, 6) is 0.918. The zero-order chi connectivity index (χ0) is 13.0. The van der Waals surface area contributed by atoms with Gasteiger partial charge in [-0.3, -0.25) is 4.98 Å². The van der Waals surface area contributed by atoms with Gasteiger partial charge < -0.3 is 10.6 Å². The van der Waals surface area contributed by atoms with E-state index >= 15 is 0 Å². The maximum atomic E-state index is 5.63. The lowest BCUT2D eigenvalue weighted by Gasteiger charge is -2.18. The van der Waals surface area contributed by atoms with Gasteiger partial charge in [0.05, 0.1) is 12.2 Å². The highest BCUT2D eigenvalue weighted by Gasteiger charge is 2.05. The van der Waals surface area contributed by atoms with Crippen molar-refractivity contribution >= 4 is 5.82 Å². The normalized spacial score (nSPS) is 10.4. The molecule has 0 saturated carbocycles. The lowest BCUT2D eigenvalue weighted by Crippen LogP contribution is -2.19. The molecule has 94 valence electrons. The number of aromatic nitrogens is 2. The van der Waals surface area contributed by atoms with Gasteiger partial charge in [0.15, 0.2) is 0 Å². The lowest BCUT2D eigenvalue weighted by atomic mass is 10.2. The highest BCUT2D eigenvalue weighted by atomic mass is 15.2. The Kier molecular flexibility index (Phi) is 3.89. The van der Waals surface area contributed by atoms with Crippen LogP contribution in [0.15, 0.2) is 36.5 Å². The van der Waals surface area contributed by atoms with E-state index in [1.165, 1.54) is 0 Å². The Bertz CT molecular complexity index is 525. The van der Waals surface area contributed by atoms with Gasteiger partial charge in [-0.1, -0.05) is 6.07 Å². The Balaban J connectivity index is 2.13. The Morgan fingerprint density at radius 1 is 1.28 bits per heavy atom. The van der Waals surface area contributed by atoms with Crippen LogP contribution in [0.1, 0.15) is 17.0 Å². The molecule has 2 aromatic rings. The van der Waals surface area contributed by atoms with E-state index in [9.17, 15) is 0 Å². The molecule has 0 fully saturated rings. The van der Waals surface area contributed by atoms with Crippen molar-refractivity contribution in [2.75, 3.05) is 11.9 Å². The molecule has 0 saturated heterocycles. The monoisotopic (exact) mass is 242 g/mol. The number of anilines is 1. The number of nitrogens with zero attached hydrogens (tertiary/aromatic N) is 3. The van der Waals surface area contributed by atoms with E-state index in [0.29, 0.717) is 6.54 Å². The molecule has 2 rings (SSSR count). The smallest absolute Gasteiger partial charge is 0.128 e. The van der Waals surface area contributed by atoms with Crippen LogP contribution in [0.4, 0.5) is 5.82 Å². The molecule has 18 heavy (non-hydrogen) atoms. The maximum absolute atomic E-state index is 5.63. The fourth-order valence-electron chi connectivity index (χ4n) is 1.81. The molecule has 2 N–H and O–H groups in total. The number of nitrogens with two attached hydrogens (primary N) is 1. The molecule has 0 aliphatic heterocycles. The second kappa shape index (κ2) is 5.60. The predicted octanol–water partition coefficient (Wildman–Crippen LogP) is 1.88. The van der Waals surface area contributed by atoms with Crippen LogP contribution in [0.3, 0.4) is 0 Å². The number of rotatable bonds is 4. The van der Waals surface area contributed by atoms with Gasteiger partial charge in [0.1, 0.15) is 5.82 Å². The van der Waals surface area contributed by atoms with Crippen molar-refractivity contribution in [3.8, 4) is 0 Å². The van der Waals surface area contributed by atoms with Crippen LogP contribution < -0.4 is 10.6 Å². The molecule has 4 heteroatoms. The third-order valence-electron chi connectivity index (χ3n) is 2.78. The second-order valence-electron chi connectivity index (χ2n) is 4.35. The highest BCUT2D eigenvalue weighted by Crippen LogP contribution is 2.13. The Morgan fingerprint density at radius 2 is 2.11 bits per heavy atom. The molecule has 0 aromatic carbocycles. The minimum absolute atomic E-state index is 0.534. The molecule has 0 aliphatic rings. The first kappa shape index (κ1) is 12.5. The molecule has 2 heterocycles. The standard InChI is InChI=1S/C14H18N4/c1-11-4-3-5-13(17-11)10-18(2)14-8-12(9-15)6-7-16-14/h3-8H,9-10,15H2,1-2H3. The van der Waals surface area contributed by atoms with Crippen molar-refractivity contribution in [2.45, 2.75) is 20.0 Å². The van der Waals surface area contributed by atoms with Gasteiger partial charge >= 0.3 is 0 Å². The average Bonchev–Trinajstić information content (AvgIpc) is 2.39. The molecule has 0 radical (unpaired) electrons. The van der Waals surface area contributed by atoms with E-state index in [-0.39, 0.29) is 0 Å². The third-order valence-corrected chi connectivity index (χ3v) is 2.78. The van der Waals surface area contributed by atoms with Crippen LogP contribution in [0.25, 0.3) is 0 Å². The van der Waals surface area contributed by atoms with Crippen molar-refractivity contribution in [3.05, 3.63) is 53.5 Å². The van der Waals surface area contributed by atoms with Gasteiger partial charge in [0.25, 0.3) is 0 Å². The Morgan fingerprint density at radius 3 is 2.83 bits per heavy atom. The van der Waals surface area contributed by atoms with Crippen LogP contribution in [-0.4, -0.2) is 17.0 Å². The Labute approximate surface area is 107 Å². The van der Waals surface area contributed by atoms with Crippen molar-refractivity contribution in [1.82, 2.24) is 9.97 Å². The second-order valence-corrected chi connectivity index (χ2v) is 4.35. The quantitative estimate of drug-likeness (QED) is 0.889. The van der Waals surface area contributed by atoms with E-state index < -0.39 is 0 Å². The van der Waals surface area contributed by atoms with Crippen LogP contribution in [0.5, 0.6) is 0 Å². The van der Waals surface area contributed by atoms with Gasteiger partial charge in [-0.15, -0.1) is 0 Å². The van der Waals surface area contributed by atoms with E-state index in [4.69, 9.17) is 5.73 Å². The number of pyridine rings is 2. The van der Waals surface area contributed by atoms with E-state index in [2.05, 4.69) is 14.9 Å². The number of hydrogen-bond acceptors (Lipinski definition) is 4. The van der Waals surface area contributed by atoms with Crippen LogP contribution in [0.2, 0.25) is 0 Å². The SMILES string of the molecule is Cc1cccc(CN(C)c2cc(CN)ccn2)n1. The molecular weight excluding hydrogens is 224 g/mol. The van der Waals surface area contributed by atoms with E-state index in [0.717, 1.165) is 29.3 Å². The summed E-state index contributed by atoms with van der Waals surface area (Å²) in [6.07, 6.45) is 1.79. The zero-order valence-corrected chi connectivity index (χ0v) is 10.8.